The molecule has 0 bridgehead atoms. The quantitative estimate of drug-likeness (QED) is 0.0467. The minimum absolute atomic E-state index is 0.0138. The van der Waals surface area contributed by atoms with Gasteiger partial charge in [-0.3, -0.25) is 9.68 Å². The number of carbonyl (C=O) groups is 3. The first-order valence-electron chi connectivity index (χ1n) is 11.0. The predicted molar refractivity (Wildman–Crippen MR) is 145 cm³/mol. The van der Waals surface area contributed by atoms with Crippen LogP contribution in [0.5, 0.6) is 5.75 Å². The first kappa shape index (κ1) is 27.7. The number of alkyl halides is 1. The fourth-order valence-corrected chi connectivity index (χ4v) is 5.27. The van der Waals surface area contributed by atoms with E-state index in [2.05, 4.69) is 58.3 Å². The lowest BCUT2D eigenvalue weighted by Gasteiger charge is -2.47. The van der Waals surface area contributed by atoms with Crippen molar-refractivity contribution < 1.29 is 33.6 Å². The Morgan fingerprint density at radius 2 is 1.94 bits per heavy atom. The molecule has 35 heavy (non-hydrogen) atoms. The molecule has 0 N–H and O–H groups in total. The number of amides is 1. The van der Waals surface area contributed by atoms with Crippen LogP contribution in [0.15, 0.2) is 54.8 Å². The maximum atomic E-state index is 13.2. The molecule has 0 saturated carbocycles. The van der Waals surface area contributed by atoms with Gasteiger partial charge in [0.1, 0.15) is 31.3 Å². The Kier molecular flexibility index (Phi) is 9.76. The fraction of sp³-hybridized carbons (Fsp3) is 0.400. The van der Waals surface area contributed by atoms with E-state index in [1.807, 2.05) is 25.1 Å². The number of ether oxygens (including phenoxy) is 2. The minimum atomic E-state index is -0.761. The van der Waals surface area contributed by atoms with E-state index in [0.717, 1.165) is 13.6 Å². The average Bonchev–Trinajstić information content (AvgIpc) is 3.10. The van der Waals surface area contributed by atoms with Gasteiger partial charge in [0.2, 0.25) is 5.91 Å². The van der Waals surface area contributed by atoms with Gasteiger partial charge < -0.3 is 14.4 Å². The number of nitrogens with zero attached hydrogens (tertiary/aromatic N) is 1. The lowest BCUT2D eigenvalue weighted by atomic mass is 9.74. The van der Waals surface area contributed by atoms with E-state index in [1.165, 1.54) is 17.1 Å². The van der Waals surface area contributed by atoms with Gasteiger partial charge >= 0.3 is 11.9 Å². The van der Waals surface area contributed by atoms with Gasteiger partial charge in [0.25, 0.3) is 0 Å². The summed E-state index contributed by atoms with van der Waals surface area (Å²) in [6.07, 6.45) is 2.91. The third-order valence-corrected chi connectivity index (χ3v) is 7.86. The number of rotatable bonds is 12. The lowest BCUT2D eigenvalue weighted by molar-refractivity contribution is -0.271. The number of esters is 1. The molecule has 0 aliphatic carbocycles. The van der Waals surface area contributed by atoms with E-state index >= 15 is 0 Å². The monoisotopic (exact) mass is 707 g/mol. The minimum Gasteiger partial charge on any atom is -0.488 e. The molecular weight excluding hydrogens is 680 g/mol. The number of carbonyl (C=O) groups excluding carboxylic acids is 3. The van der Waals surface area contributed by atoms with Crippen molar-refractivity contribution in [2.24, 2.45) is 17.8 Å². The van der Waals surface area contributed by atoms with Crippen LogP contribution in [-0.4, -0.2) is 48.6 Å². The zero-order valence-electron chi connectivity index (χ0n) is 19.5. The first-order chi connectivity index (χ1) is 16.8. The fourth-order valence-electron chi connectivity index (χ4n) is 4.30. The number of fused-ring (bicyclic) bond motifs is 1. The first-order valence-corrected chi connectivity index (χ1v) is 13.6. The number of β-lactam (4-membered cyclic amide) rings is 1. The van der Waals surface area contributed by atoms with Crippen LogP contribution in [0.4, 0.5) is 0 Å². The van der Waals surface area contributed by atoms with Gasteiger partial charge in [0, 0.05) is 15.9 Å². The highest BCUT2D eigenvalue weighted by Gasteiger charge is 2.61. The second kappa shape index (κ2) is 12.3. The Labute approximate surface area is 231 Å². The number of hydrogen-bond donors (Lipinski definition) is 0. The normalized spacial score (nSPS) is 21.7. The van der Waals surface area contributed by atoms with Crippen LogP contribution >= 0.6 is 45.2 Å². The van der Waals surface area contributed by atoms with Crippen LogP contribution in [0.2, 0.25) is 0 Å². The summed E-state index contributed by atoms with van der Waals surface area (Å²) in [6.45, 7) is 10.8. The summed E-state index contributed by atoms with van der Waals surface area (Å²) in [7, 11) is 0. The van der Waals surface area contributed by atoms with Crippen LogP contribution < -0.4 is 4.74 Å². The molecule has 1 aromatic rings. The number of hydrogen-bond acceptors (Lipinski definition) is 7. The summed E-state index contributed by atoms with van der Waals surface area (Å²) in [5.74, 6) is -2.56. The second-order valence-electron chi connectivity index (χ2n) is 8.23. The molecule has 2 aliphatic heterocycles. The largest absolute Gasteiger partial charge is 0.488 e. The molecule has 8 nitrogen and oxygen atoms in total. The SMILES string of the molecule is C=CCOOC(=O)C(C)C1C(=O)N2C(C(=O)OCC=C)=C(COc3cc(CI)ccc3I)[C@H](C)C12. The van der Waals surface area contributed by atoms with Gasteiger partial charge in [-0.15, -0.1) is 6.58 Å². The van der Waals surface area contributed by atoms with Crippen molar-refractivity contribution in [3.05, 3.63) is 63.9 Å². The Bertz CT molecular complexity index is 1050. The molecule has 1 fully saturated rings. The molecule has 4 atom stereocenters. The highest BCUT2D eigenvalue weighted by molar-refractivity contribution is 14.1. The Morgan fingerprint density at radius 1 is 1.23 bits per heavy atom. The Morgan fingerprint density at radius 3 is 2.60 bits per heavy atom. The van der Waals surface area contributed by atoms with Crippen LogP contribution in [0.25, 0.3) is 0 Å². The number of benzene rings is 1. The van der Waals surface area contributed by atoms with Gasteiger partial charge in [0.15, 0.2) is 0 Å². The van der Waals surface area contributed by atoms with Crippen molar-refractivity contribution in [3.63, 3.8) is 0 Å². The Balaban J connectivity index is 1.85. The third kappa shape index (κ3) is 5.74. The summed E-state index contributed by atoms with van der Waals surface area (Å²) in [6, 6.07) is 5.58. The van der Waals surface area contributed by atoms with E-state index in [-0.39, 0.29) is 37.3 Å². The van der Waals surface area contributed by atoms with Gasteiger partial charge in [-0.25, -0.2) is 9.59 Å². The highest BCUT2D eigenvalue weighted by Crippen LogP contribution is 2.49. The molecule has 0 radical (unpaired) electrons. The predicted octanol–water partition coefficient (Wildman–Crippen LogP) is 4.36. The molecule has 1 amide bonds. The van der Waals surface area contributed by atoms with Crippen LogP contribution in [-0.2, 0) is 33.3 Å². The smallest absolute Gasteiger partial charge is 0.355 e. The van der Waals surface area contributed by atoms with Gasteiger partial charge in [-0.1, -0.05) is 61.2 Å². The third-order valence-electron chi connectivity index (χ3n) is 6.09. The van der Waals surface area contributed by atoms with Crippen LogP contribution in [0.3, 0.4) is 0 Å². The van der Waals surface area contributed by atoms with Crippen molar-refractivity contribution in [2.45, 2.75) is 24.3 Å². The molecule has 3 rings (SSSR count). The topological polar surface area (TPSA) is 91.4 Å². The van der Waals surface area contributed by atoms with Crippen LogP contribution in [0, 0.1) is 21.3 Å². The number of halogens is 2. The maximum absolute atomic E-state index is 13.2. The molecule has 2 aliphatic rings. The molecule has 3 unspecified atom stereocenters. The van der Waals surface area contributed by atoms with E-state index in [4.69, 9.17) is 19.2 Å². The summed E-state index contributed by atoms with van der Waals surface area (Å²) >= 11 is 4.48. The van der Waals surface area contributed by atoms with Crippen molar-refractivity contribution in [1.29, 1.82) is 0 Å². The summed E-state index contributed by atoms with van der Waals surface area (Å²) in [5, 5.41) is 0. The van der Waals surface area contributed by atoms with E-state index in [9.17, 15) is 14.4 Å². The van der Waals surface area contributed by atoms with Crippen molar-refractivity contribution in [2.75, 3.05) is 19.8 Å². The zero-order valence-corrected chi connectivity index (χ0v) is 23.8. The lowest BCUT2D eigenvalue weighted by Crippen LogP contribution is -2.63. The average molecular weight is 707 g/mol. The van der Waals surface area contributed by atoms with E-state index in [1.54, 1.807) is 6.92 Å². The second-order valence-corrected chi connectivity index (χ2v) is 10.2. The molecule has 188 valence electrons. The molecule has 10 heteroatoms. The summed E-state index contributed by atoms with van der Waals surface area (Å²) in [5.41, 5.74) is 1.94. The molecule has 1 aromatic carbocycles. The maximum Gasteiger partial charge on any atom is 0.355 e. The Hall–Kier alpha value is -1.93. The van der Waals surface area contributed by atoms with E-state index in [0.29, 0.717) is 11.3 Å². The molecular formula is C25H27I2NO7. The molecule has 1 saturated heterocycles. The standard InChI is InChI=1S/C25H27I2NO7/c1-5-9-32-25(31)22-17(13-33-19-11-16(12-26)7-8-18(19)27)14(3)21-20(23(29)28(21)22)15(4)24(30)35-34-10-6-2/h5-8,11,14-15,20-21H,1-2,9-10,12-13H2,3-4H3/t14-,15?,20?,21?/m0/s1. The van der Waals surface area contributed by atoms with Gasteiger partial charge in [0.05, 0.1) is 21.4 Å². The highest BCUT2D eigenvalue weighted by atomic mass is 127. The molecule has 0 aromatic heterocycles. The molecule has 2 heterocycles. The van der Waals surface area contributed by atoms with Crippen LogP contribution in [0.1, 0.15) is 19.4 Å². The molecule has 0 spiro atoms. The van der Waals surface area contributed by atoms with Gasteiger partial charge in [-0.05, 0) is 40.3 Å². The van der Waals surface area contributed by atoms with Crippen molar-refractivity contribution >= 4 is 63.0 Å². The summed E-state index contributed by atoms with van der Waals surface area (Å²) in [4.78, 5) is 49.6. The van der Waals surface area contributed by atoms with Gasteiger partial charge in [-0.2, -0.15) is 4.89 Å². The zero-order chi connectivity index (χ0) is 25.7. The van der Waals surface area contributed by atoms with Crippen molar-refractivity contribution in [1.82, 2.24) is 4.90 Å². The van der Waals surface area contributed by atoms with E-state index < -0.39 is 29.8 Å². The summed E-state index contributed by atoms with van der Waals surface area (Å²) < 4.78 is 13.2. The van der Waals surface area contributed by atoms with Crippen molar-refractivity contribution in [3.8, 4) is 5.75 Å².